The first-order valence-electron chi connectivity index (χ1n) is 6.00. The molecule has 0 radical (unpaired) electrons. The summed E-state index contributed by atoms with van der Waals surface area (Å²) in [5.41, 5.74) is 0.246. The number of benzene rings is 1. The van der Waals surface area contributed by atoms with E-state index in [2.05, 4.69) is 15.3 Å². The lowest BCUT2D eigenvalue weighted by Gasteiger charge is -2.06. The molecule has 108 valence electrons. The van der Waals surface area contributed by atoms with Crippen molar-refractivity contribution in [3.05, 3.63) is 42.2 Å². The first kappa shape index (κ1) is 13.7. The molecule has 0 saturated heterocycles. The molecule has 1 aromatic carbocycles. The van der Waals surface area contributed by atoms with E-state index in [1.54, 1.807) is 30.0 Å². The zero-order chi connectivity index (χ0) is 14.8. The van der Waals surface area contributed by atoms with Gasteiger partial charge in [0.25, 0.3) is 6.43 Å². The molecule has 5 nitrogen and oxygen atoms in total. The molecule has 0 aliphatic heterocycles. The normalized spacial score (nSPS) is 11.2. The summed E-state index contributed by atoms with van der Waals surface area (Å²) in [6.45, 7) is 0. The molecule has 21 heavy (non-hydrogen) atoms. The van der Waals surface area contributed by atoms with Crippen molar-refractivity contribution in [3.63, 3.8) is 0 Å². The van der Waals surface area contributed by atoms with Crippen LogP contribution in [0.15, 0.2) is 41.3 Å². The summed E-state index contributed by atoms with van der Waals surface area (Å²) in [4.78, 5) is 1.10. The zero-order valence-corrected chi connectivity index (χ0v) is 11.7. The van der Waals surface area contributed by atoms with Crippen LogP contribution in [0.3, 0.4) is 0 Å². The van der Waals surface area contributed by atoms with E-state index < -0.39 is 12.2 Å². The van der Waals surface area contributed by atoms with Crippen molar-refractivity contribution in [2.24, 2.45) is 0 Å². The number of nitrogens with zero attached hydrogens (tertiary/aromatic N) is 4. The summed E-state index contributed by atoms with van der Waals surface area (Å²) in [6.07, 6.45) is -0.771. The molecule has 0 spiro atoms. The fourth-order valence-corrected chi connectivity index (χ4v) is 2.15. The molecular weight excluding hydrogens is 298 g/mol. The van der Waals surface area contributed by atoms with Gasteiger partial charge in [-0.15, -0.1) is 27.1 Å². The molecule has 0 bridgehead atoms. The van der Waals surface area contributed by atoms with E-state index in [0.717, 1.165) is 9.41 Å². The van der Waals surface area contributed by atoms with Crippen LogP contribution >= 0.6 is 11.8 Å². The Kier molecular flexibility index (Phi) is 3.70. The van der Waals surface area contributed by atoms with Crippen molar-refractivity contribution in [1.29, 1.82) is 0 Å². The molecule has 0 amide bonds. The maximum Gasteiger partial charge on any atom is 0.299 e. The Morgan fingerprint density at radius 3 is 2.52 bits per heavy atom. The average molecular weight is 308 g/mol. The van der Waals surface area contributed by atoms with Crippen LogP contribution in [-0.4, -0.2) is 26.1 Å². The van der Waals surface area contributed by atoms with E-state index >= 15 is 0 Å². The third-order valence-electron chi connectivity index (χ3n) is 2.74. The van der Waals surface area contributed by atoms with Gasteiger partial charge in [0, 0.05) is 11.0 Å². The number of alkyl halides is 2. The molecule has 3 rings (SSSR count). The maximum absolute atomic E-state index is 12.8. The summed E-state index contributed by atoms with van der Waals surface area (Å²) in [5, 5.41) is 11.0. The molecular formula is C13H10F2N4OS. The Hall–Kier alpha value is -2.22. The number of aromatic nitrogens is 4. The number of thioether (sulfide) groups is 1. The first-order chi connectivity index (χ1) is 10.2. The van der Waals surface area contributed by atoms with Crippen LogP contribution in [0, 0.1) is 0 Å². The topological polar surface area (TPSA) is 52.3 Å². The van der Waals surface area contributed by atoms with E-state index in [9.17, 15) is 8.78 Å². The lowest BCUT2D eigenvalue weighted by Crippen LogP contribution is -2.00. The van der Waals surface area contributed by atoms with Gasteiger partial charge in [-0.25, -0.2) is 8.78 Å². The number of fused-ring (bicyclic) bond motifs is 1. The Balaban J connectivity index is 1.91. The zero-order valence-electron chi connectivity index (χ0n) is 10.9. The summed E-state index contributed by atoms with van der Waals surface area (Å²) in [6, 6.07) is 10.5. The predicted octanol–water partition coefficient (Wildman–Crippen LogP) is 3.58. The number of hydrogen-bond acceptors (Lipinski definition) is 5. The minimum absolute atomic E-state index is 0.195. The van der Waals surface area contributed by atoms with Gasteiger partial charge in [-0.1, -0.05) is 0 Å². The number of hydrogen-bond donors (Lipinski definition) is 0. The second-order valence-electron chi connectivity index (χ2n) is 4.08. The van der Waals surface area contributed by atoms with E-state index in [1.165, 1.54) is 6.07 Å². The molecule has 0 N–H and O–H groups in total. The van der Waals surface area contributed by atoms with Crippen LogP contribution in [0.1, 0.15) is 12.2 Å². The standard InChI is InChI=1S/C13H10F2N4OS/c1-21-9-4-2-8(3-5-9)20-11-7-6-10-16-17-13(12(14)15)19(10)18-11/h2-7,12H,1H3. The Morgan fingerprint density at radius 2 is 1.86 bits per heavy atom. The van der Waals surface area contributed by atoms with Crippen molar-refractivity contribution in [2.75, 3.05) is 6.26 Å². The second kappa shape index (κ2) is 5.65. The van der Waals surface area contributed by atoms with Gasteiger partial charge in [0.05, 0.1) is 0 Å². The lowest BCUT2D eigenvalue weighted by atomic mass is 10.3. The van der Waals surface area contributed by atoms with E-state index in [0.29, 0.717) is 5.75 Å². The molecule has 0 saturated carbocycles. The van der Waals surface area contributed by atoms with Crippen LogP contribution in [-0.2, 0) is 0 Å². The van der Waals surface area contributed by atoms with Crippen molar-refractivity contribution in [1.82, 2.24) is 19.8 Å². The Bertz CT molecular complexity index is 760. The molecule has 8 heteroatoms. The minimum atomic E-state index is -2.75. The summed E-state index contributed by atoms with van der Waals surface area (Å²) < 4.78 is 32.1. The highest BCUT2D eigenvalue weighted by Gasteiger charge is 2.17. The second-order valence-corrected chi connectivity index (χ2v) is 4.96. The van der Waals surface area contributed by atoms with Gasteiger partial charge in [-0.2, -0.15) is 4.52 Å². The molecule has 2 heterocycles. The Labute approximate surface area is 123 Å². The smallest absolute Gasteiger partial charge is 0.299 e. The van der Waals surface area contributed by atoms with Gasteiger partial charge < -0.3 is 4.74 Å². The van der Waals surface area contributed by atoms with Crippen LogP contribution in [0.4, 0.5) is 8.78 Å². The molecule has 2 aromatic heterocycles. The quantitative estimate of drug-likeness (QED) is 0.690. The molecule has 0 aliphatic carbocycles. The minimum Gasteiger partial charge on any atom is -0.438 e. The molecule has 0 aliphatic rings. The SMILES string of the molecule is CSc1ccc(Oc2ccc3nnc(C(F)F)n3n2)cc1. The maximum atomic E-state index is 12.8. The molecule has 3 aromatic rings. The summed E-state index contributed by atoms with van der Waals surface area (Å²) in [5.74, 6) is 0.264. The van der Waals surface area contributed by atoms with E-state index in [4.69, 9.17) is 4.74 Å². The first-order valence-corrected chi connectivity index (χ1v) is 7.22. The number of rotatable bonds is 4. The third-order valence-corrected chi connectivity index (χ3v) is 3.48. The van der Waals surface area contributed by atoms with Gasteiger partial charge in [0.1, 0.15) is 5.75 Å². The summed E-state index contributed by atoms with van der Waals surface area (Å²) >= 11 is 1.62. The number of ether oxygens (including phenoxy) is 1. The average Bonchev–Trinajstić information content (AvgIpc) is 2.91. The largest absolute Gasteiger partial charge is 0.438 e. The van der Waals surface area contributed by atoms with Gasteiger partial charge >= 0.3 is 0 Å². The highest BCUT2D eigenvalue weighted by Crippen LogP contribution is 2.24. The number of halogens is 2. The van der Waals surface area contributed by atoms with Gasteiger partial charge in [-0.05, 0) is 36.6 Å². The third kappa shape index (κ3) is 2.80. The monoisotopic (exact) mass is 308 g/mol. The van der Waals surface area contributed by atoms with Crippen molar-refractivity contribution in [3.8, 4) is 11.6 Å². The van der Waals surface area contributed by atoms with Crippen molar-refractivity contribution < 1.29 is 13.5 Å². The van der Waals surface area contributed by atoms with Gasteiger partial charge in [-0.3, -0.25) is 0 Å². The highest BCUT2D eigenvalue weighted by molar-refractivity contribution is 7.98. The van der Waals surface area contributed by atoms with Crippen LogP contribution in [0.25, 0.3) is 5.65 Å². The van der Waals surface area contributed by atoms with Crippen LogP contribution in [0.5, 0.6) is 11.6 Å². The highest BCUT2D eigenvalue weighted by atomic mass is 32.2. The van der Waals surface area contributed by atoms with E-state index in [1.807, 2.05) is 18.4 Å². The molecule has 0 atom stereocenters. The van der Waals surface area contributed by atoms with Gasteiger partial charge in [0.2, 0.25) is 11.7 Å². The fourth-order valence-electron chi connectivity index (χ4n) is 1.74. The van der Waals surface area contributed by atoms with Gasteiger partial charge in [0.15, 0.2) is 5.65 Å². The lowest BCUT2D eigenvalue weighted by molar-refractivity contribution is 0.137. The Morgan fingerprint density at radius 1 is 1.10 bits per heavy atom. The summed E-state index contributed by atoms with van der Waals surface area (Å²) in [7, 11) is 0. The predicted molar refractivity (Wildman–Crippen MR) is 74.0 cm³/mol. The fraction of sp³-hybridized carbons (Fsp3) is 0.154. The molecule has 0 fully saturated rings. The molecule has 0 unspecified atom stereocenters. The van der Waals surface area contributed by atoms with E-state index in [-0.39, 0.29) is 11.5 Å². The van der Waals surface area contributed by atoms with Crippen molar-refractivity contribution in [2.45, 2.75) is 11.3 Å². The van der Waals surface area contributed by atoms with Crippen molar-refractivity contribution >= 4 is 17.4 Å². The van der Waals surface area contributed by atoms with Crippen LogP contribution in [0.2, 0.25) is 0 Å². The van der Waals surface area contributed by atoms with Crippen LogP contribution < -0.4 is 4.74 Å².